The predicted molar refractivity (Wildman–Crippen MR) is 114 cm³/mol. The van der Waals surface area contributed by atoms with Crippen LogP contribution in [0, 0.1) is 5.41 Å². The Morgan fingerprint density at radius 2 is 1.71 bits per heavy atom. The van der Waals surface area contributed by atoms with E-state index in [1.807, 2.05) is 24.3 Å². The van der Waals surface area contributed by atoms with Gasteiger partial charge in [-0.3, -0.25) is 19.0 Å². The molecule has 172 valence electrons. The fourth-order valence-corrected chi connectivity index (χ4v) is 4.38. The second kappa shape index (κ2) is 9.97. The number of carbonyl (C=O) groups is 2. The summed E-state index contributed by atoms with van der Waals surface area (Å²) in [6.07, 6.45) is 6.06. The average Bonchev–Trinajstić information content (AvgIpc) is 3.12. The Morgan fingerprint density at radius 3 is 2.32 bits per heavy atom. The average molecular weight is 455 g/mol. The van der Waals surface area contributed by atoms with E-state index >= 15 is 0 Å². The molecule has 1 aromatic rings. The van der Waals surface area contributed by atoms with Crippen LogP contribution in [0.5, 0.6) is 11.5 Å². The standard InChI is InChI=1S/C20H26N2O4.CH4O3S/c23-18-11-20(7-3-4-8-20)12-19(24)22(18)10-9-21-13-15-14-25-16-5-1-2-6-17(16)26-15;1-5(2,3)4/h1-2,5-6,15,21H,3-4,7-14H2;1H3,(H,2,3,4)/t15-;/m1./s1. The van der Waals surface area contributed by atoms with E-state index in [4.69, 9.17) is 14.0 Å². The Morgan fingerprint density at radius 1 is 1.13 bits per heavy atom. The molecule has 0 unspecified atom stereocenters. The van der Waals surface area contributed by atoms with Gasteiger partial charge in [-0.1, -0.05) is 25.0 Å². The smallest absolute Gasteiger partial charge is 0.261 e. The number of nitrogens with one attached hydrogen (secondary N) is 1. The molecule has 31 heavy (non-hydrogen) atoms. The highest BCUT2D eigenvalue weighted by atomic mass is 32.2. The lowest BCUT2D eigenvalue weighted by molar-refractivity contribution is -0.153. The zero-order chi connectivity index (χ0) is 22.5. The first-order chi connectivity index (χ1) is 14.7. The van der Waals surface area contributed by atoms with Gasteiger partial charge < -0.3 is 14.8 Å². The Balaban J connectivity index is 0.000000491. The molecule has 1 atom stereocenters. The van der Waals surface area contributed by atoms with Crippen LogP contribution in [-0.2, 0) is 19.7 Å². The Hall–Kier alpha value is -2.17. The lowest BCUT2D eigenvalue weighted by Crippen LogP contribution is -2.50. The van der Waals surface area contributed by atoms with Gasteiger partial charge in [-0.15, -0.1) is 0 Å². The number of imide groups is 1. The minimum Gasteiger partial charge on any atom is -0.486 e. The van der Waals surface area contributed by atoms with Gasteiger partial charge in [0, 0.05) is 32.5 Å². The van der Waals surface area contributed by atoms with Gasteiger partial charge in [-0.25, -0.2) is 0 Å². The molecule has 10 heteroatoms. The zero-order valence-electron chi connectivity index (χ0n) is 17.7. The van der Waals surface area contributed by atoms with Crippen molar-refractivity contribution in [3.8, 4) is 11.5 Å². The minimum atomic E-state index is -3.67. The van der Waals surface area contributed by atoms with E-state index in [0.29, 0.717) is 45.3 Å². The van der Waals surface area contributed by atoms with Gasteiger partial charge in [-0.2, -0.15) is 8.42 Å². The van der Waals surface area contributed by atoms with E-state index < -0.39 is 10.1 Å². The lowest BCUT2D eigenvalue weighted by atomic mass is 9.76. The molecule has 0 bridgehead atoms. The van der Waals surface area contributed by atoms with E-state index in [2.05, 4.69) is 5.32 Å². The summed E-state index contributed by atoms with van der Waals surface area (Å²) in [5, 5.41) is 3.28. The molecule has 1 spiro atoms. The maximum atomic E-state index is 12.4. The largest absolute Gasteiger partial charge is 0.486 e. The summed E-state index contributed by atoms with van der Waals surface area (Å²) < 4.78 is 37.4. The topological polar surface area (TPSA) is 122 Å². The van der Waals surface area contributed by atoms with Crippen LogP contribution in [0.25, 0.3) is 0 Å². The number of hydrogen-bond donors (Lipinski definition) is 2. The van der Waals surface area contributed by atoms with E-state index in [-0.39, 0.29) is 23.3 Å². The summed E-state index contributed by atoms with van der Waals surface area (Å²) in [7, 11) is -3.67. The maximum absolute atomic E-state index is 12.4. The number of ether oxygens (including phenoxy) is 2. The van der Waals surface area contributed by atoms with Crippen molar-refractivity contribution in [2.24, 2.45) is 5.41 Å². The van der Waals surface area contributed by atoms with Crippen molar-refractivity contribution in [1.29, 1.82) is 0 Å². The molecule has 1 saturated carbocycles. The highest BCUT2D eigenvalue weighted by Crippen LogP contribution is 2.46. The number of amides is 2. The van der Waals surface area contributed by atoms with Crippen LogP contribution in [0.15, 0.2) is 24.3 Å². The molecular weight excluding hydrogens is 424 g/mol. The van der Waals surface area contributed by atoms with Crippen LogP contribution >= 0.6 is 0 Å². The van der Waals surface area contributed by atoms with Crippen molar-refractivity contribution in [3.05, 3.63) is 24.3 Å². The summed E-state index contributed by atoms with van der Waals surface area (Å²) in [5.74, 6) is 1.52. The first-order valence-electron chi connectivity index (χ1n) is 10.5. The van der Waals surface area contributed by atoms with Crippen molar-refractivity contribution in [2.75, 3.05) is 32.5 Å². The number of carbonyl (C=O) groups excluding carboxylic acids is 2. The number of likely N-dealkylation sites (tertiary alicyclic amines) is 1. The number of nitrogens with zero attached hydrogens (tertiary/aromatic N) is 1. The molecule has 3 aliphatic rings. The van der Waals surface area contributed by atoms with Gasteiger partial charge in [0.15, 0.2) is 11.5 Å². The van der Waals surface area contributed by atoms with Crippen LogP contribution < -0.4 is 14.8 Å². The van der Waals surface area contributed by atoms with Crippen molar-refractivity contribution < 1.29 is 32.0 Å². The molecule has 2 fully saturated rings. The third kappa shape index (κ3) is 6.91. The van der Waals surface area contributed by atoms with E-state index in [0.717, 1.165) is 37.2 Å². The number of hydrogen-bond acceptors (Lipinski definition) is 7. The molecule has 2 heterocycles. The zero-order valence-corrected chi connectivity index (χ0v) is 18.5. The number of fused-ring (bicyclic) bond motifs is 1. The molecule has 0 aromatic heterocycles. The summed E-state index contributed by atoms with van der Waals surface area (Å²) in [6.45, 7) is 2.12. The summed E-state index contributed by atoms with van der Waals surface area (Å²) in [5.41, 5.74) is -0.0290. The summed E-state index contributed by atoms with van der Waals surface area (Å²) in [4.78, 5) is 26.3. The highest BCUT2D eigenvalue weighted by Gasteiger charge is 2.44. The van der Waals surface area contributed by atoms with Gasteiger partial charge >= 0.3 is 0 Å². The molecule has 4 rings (SSSR count). The van der Waals surface area contributed by atoms with Crippen molar-refractivity contribution in [2.45, 2.75) is 44.6 Å². The quantitative estimate of drug-likeness (QED) is 0.391. The number of benzene rings is 1. The fourth-order valence-electron chi connectivity index (χ4n) is 4.38. The van der Waals surface area contributed by atoms with Crippen LogP contribution in [0.1, 0.15) is 38.5 Å². The van der Waals surface area contributed by atoms with Crippen molar-refractivity contribution >= 4 is 21.9 Å². The molecule has 1 aromatic carbocycles. The van der Waals surface area contributed by atoms with Crippen LogP contribution in [0.2, 0.25) is 0 Å². The van der Waals surface area contributed by atoms with E-state index in [1.54, 1.807) is 0 Å². The second-order valence-electron chi connectivity index (χ2n) is 8.43. The number of para-hydroxylation sites is 2. The predicted octanol–water partition coefficient (Wildman–Crippen LogP) is 1.63. The third-order valence-corrected chi connectivity index (χ3v) is 5.77. The summed E-state index contributed by atoms with van der Waals surface area (Å²) in [6, 6.07) is 7.63. The fraction of sp³-hybridized carbons (Fsp3) is 0.619. The molecule has 1 aliphatic carbocycles. The van der Waals surface area contributed by atoms with Gasteiger partial charge in [0.2, 0.25) is 11.8 Å². The van der Waals surface area contributed by atoms with E-state index in [9.17, 15) is 18.0 Å². The minimum absolute atomic E-state index is 0.00359. The number of piperidine rings is 1. The van der Waals surface area contributed by atoms with Gasteiger partial charge in [-0.05, 0) is 30.4 Å². The lowest BCUT2D eigenvalue weighted by Gasteiger charge is -2.37. The molecule has 2 aliphatic heterocycles. The van der Waals surface area contributed by atoms with Gasteiger partial charge in [0.1, 0.15) is 12.7 Å². The second-order valence-corrected chi connectivity index (χ2v) is 9.90. The Bertz CT molecular complexity index is 869. The third-order valence-electron chi connectivity index (χ3n) is 5.77. The van der Waals surface area contributed by atoms with Crippen molar-refractivity contribution in [1.82, 2.24) is 10.2 Å². The molecule has 1 saturated heterocycles. The van der Waals surface area contributed by atoms with Gasteiger partial charge in [0.05, 0.1) is 6.26 Å². The first-order valence-corrected chi connectivity index (χ1v) is 12.3. The summed E-state index contributed by atoms with van der Waals surface area (Å²) >= 11 is 0. The Labute approximate surface area is 182 Å². The van der Waals surface area contributed by atoms with Gasteiger partial charge in [0.25, 0.3) is 10.1 Å². The molecule has 2 N–H and O–H groups in total. The SMILES string of the molecule is CS(=O)(=O)O.O=C1CC2(CCCC2)CC(=O)N1CCNC[C@@H]1COc2ccccc2O1. The first kappa shape index (κ1) is 23.5. The molecular formula is C21H30N2O7S. The molecule has 9 nitrogen and oxygen atoms in total. The van der Waals surface area contributed by atoms with Crippen LogP contribution in [0.3, 0.4) is 0 Å². The van der Waals surface area contributed by atoms with Crippen LogP contribution in [0.4, 0.5) is 0 Å². The Kier molecular flexibility index (Phi) is 7.55. The molecule has 0 radical (unpaired) electrons. The van der Waals surface area contributed by atoms with Crippen LogP contribution in [-0.4, -0.2) is 68.3 Å². The van der Waals surface area contributed by atoms with E-state index in [1.165, 1.54) is 4.90 Å². The monoisotopic (exact) mass is 454 g/mol. The normalized spacial score (nSPS) is 22.3. The van der Waals surface area contributed by atoms with Crippen molar-refractivity contribution in [3.63, 3.8) is 0 Å². The maximum Gasteiger partial charge on any atom is 0.261 e. The molecule has 2 amide bonds. The number of rotatable bonds is 5. The highest BCUT2D eigenvalue weighted by molar-refractivity contribution is 7.85.